The molecule has 2 aromatic carbocycles. The maximum absolute atomic E-state index is 4.48. The van der Waals surface area contributed by atoms with E-state index in [0.29, 0.717) is 0 Å². The van der Waals surface area contributed by atoms with Gasteiger partial charge in [-0.1, -0.05) is 35.5 Å². The van der Waals surface area contributed by atoms with Gasteiger partial charge in [0.05, 0.1) is 11.1 Å². The molecule has 1 fully saturated rings. The lowest BCUT2D eigenvalue weighted by atomic mass is 10.0. The van der Waals surface area contributed by atoms with Crippen molar-refractivity contribution in [3.05, 3.63) is 60.3 Å². The van der Waals surface area contributed by atoms with E-state index >= 15 is 0 Å². The summed E-state index contributed by atoms with van der Waals surface area (Å²) in [4.78, 5) is 0. The number of nitrogens with zero attached hydrogens (tertiary/aromatic N) is 4. The van der Waals surface area contributed by atoms with Crippen molar-refractivity contribution in [1.82, 2.24) is 19.6 Å². The normalized spacial score (nSPS) is 16.4. The van der Waals surface area contributed by atoms with Crippen LogP contribution >= 0.6 is 0 Å². The molecule has 4 nitrogen and oxygen atoms in total. The van der Waals surface area contributed by atoms with Crippen molar-refractivity contribution < 1.29 is 0 Å². The van der Waals surface area contributed by atoms with Crippen LogP contribution in [-0.4, -0.2) is 19.6 Å². The van der Waals surface area contributed by atoms with E-state index in [0.717, 1.165) is 23.9 Å². The summed E-state index contributed by atoms with van der Waals surface area (Å²) >= 11 is 0. The second kappa shape index (κ2) is 3.97. The summed E-state index contributed by atoms with van der Waals surface area (Å²) in [5.74, 6) is 0. The van der Waals surface area contributed by atoms with Crippen LogP contribution in [0.2, 0.25) is 0 Å². The molecule has 22 heavy (non-hydrogen) atoms. The summed E-state index contributed by atoms with van der Waals surface area (Å²) in [5.41, 5.74) is 4.69. The largest absolute Gasteiger partial charge is 0.350 e. The highest BCUT2D eigenvalue weighted by Gasteiger charge is 2.49. The molecule has 1 aliphatic rings. The standard InChI is InChI=1S/C18H16N4/c1-21-12-14(13-6-2-4-8-16(13)21)18(10-11-18)22-17-9-5-3-7-15(17)19-20-22/h2-9,12H,10-11H2,1H3. The minimum absolute atomic E-state index is 0.0308. The van der Waals surface area contributed by atoms with E-state index in [1.54, 1.807) is 0 Å². The Morgan fingerprint density at radius 2 is 1.68 bits per heavy atom. The van der Waals surface area contributed by atoms with Crippen LogP contribution in [0.3, 0.4) is 0 Å². The first kappa shape index (κ1) is 12.0. The average molecular weight is 288 g/mol. The highest BCUT2D eigenvalue weighted by atomic mass is 15.5. The van der Waals surface area contributed by atoms with Crippen molar-refractivity contribution in [3.63, 3.8) is 0 Å². The first-order valence-electron chi connectivity index (χ1n) is 7.65. The van der Waals surface area contributed by atoms with Crippen LogP contribution in [0.5, 0.6) is 0 Å². The fourth-order valence-electron chi connectivity index (χ4n) is 3.61. The molecular formula is C18H16N4. The quantitative estimate of drug-likeness (QED) is 0.566. The van der Waals surface area contributed by atoms with Crippen molar-refractivity contribution in [1.29, 1.82) is 0 Å². The van der Waals surface area contributed by atoms with Crippen LogP contribution in [0.25, 0.3) is 21.9 Å². The molecule has 0 spiro atoms. The van der Waals surface area contributed by atoms with E-state index < -0.39 is 0 Å². The van der Waals surface area contributed by atoms with Gasteiger partial charge < -0.3 is 4.57 Å². The van der Waals surface area contributed by atoms with Gasteiger partial charge in [0.1, 0.15) is 5.52 Å². The van der Waals surface area contributed by atoms with Crippen molar-refractivity contribution in [2.75, 3.05) is 0 Å². The zero-order valence-electron chi connectivity index (χ0n) is 12.4. The zero-order chi connectivity index (χ0) is 14.7. The molecule has 0 bridgehead atoms. The van der Waals surface area contributed by atoms with Crippen molar-refractivity contribution in [2.45, 2.75) is 18.4 Å². The van der Waals surface area contributed by atoms with Crippen LogP contribution in [0.1, 0.15) is 18.4 Å². The van der Waals surface area contributed by atoms with Gasteiger partial charge in [-0.2, -0.15) is 0 Å². The number of rotatable bonds is 2. The molecule has 0 unspecified atom stereocenters. The monoisotopic (exact) mass is 288 g/mol. The Hall–Kier alpha value is -2.62. The highest BCUT2D eigenvalue weighted by Crippen LogP contribution is 2.52. The van der Waals surface area contributed by atoms with Crippen LogP contribution < -0.4 is 0 Å². The number of fused-ring (bicyclic) bond motifs is 2. The smallest absolute Gasteiger partial charge is 0.113 e. The zero-order valence-corrected chi connectivity index (χ0v) is 12.4. The van der Waals surface area contributed by atoms with Crippen LogP contribution in [-0.2, 0) is 12.6 Å². The molecule has 0 atom stereocenters. The predicted molar refractivity (Wildman–Crippen MR) is 86.8 cm³/mol. The van der Waals surface area contributed by atoms with E-state index in [2.05, 4.69) is 69.2 Å². The first-order valence-corrected chi connectivity index (χ1v) is 7.65. The maximum atomic E-state index is 4.48. The molecule has 1 aliphatic carbocycles. The molecule has 5 rings (SSSR count). The molecular weight excluding hydrogens is 272 g/mol. The lowest BCUT2D eigenvalue weighted by molar-refractivity contribution is 0.508. The summed E-state index contributed by atoms with van der Waals surface area (Å²) in [5, 5.41) is 10.1. The van der Waals surface area contributed by atoms with Crippen molar-refractivity contribution >= 4 is 21.9 Å². The minimum atomic E-state index is -0.0308. The third-order valence-electron chi connectivity index (χ3n) is 4.88. The molecule has 4 aromatic rings. The van der Waals surface area contributed by atoms with Crippen molar-refractivity contribution in [3.8, 4) is 0 Å². The lowest BCUT2D eigenvalue weighted by Gasteiger charge is -2.16. The SMILES string of the molecule is Cn1cc(C2(n3nnc4ccccc43)CC2)c2ccccc21. The lowest BCUT2D eigenvalue weighted by Crippen LogP contribution is -2.19. The van der Waals surface area contributed by atoms with Crippen molar-refractivity contribution in [2.24, 2.45) is 7.05 Å². The van der Waals surface area contributed by atoms with Gasteiger partial charge in [0, 0.05) is 29.7 Å². The Bertz CT molecular complexity index is 1000. The molecule has 0 N–H and O–H groups in total. The van der Waals surface area contributed by atoms with Gasteiger partial charge >= 0.3 is 0 Å². The Balaban J connectivity index is 1.80. The Morgan fingerprint density at radius 1 is 0.955 bits per heavy atom. The molecule has 1 saturated carbocycles. The third kappa shape index (κ3) is 1.42. The number of aromatic nitrogens is 4. The fraction of sp³-hybridized carbons (Fsp3) is 0.222. The van der Waals surface area contributed by atoms with E-state index in [1.165, 1.54) is 16.5 Å². The molecule has 2 heterocycles. The molecule has 0 radical (unpaired) electrons. The van der Waals surface area contributed by atoms with E-state index in [9.17, 15) is 0 Å². The number of benzene rings is 2. The first-order chi connectivity index (χ1) is 10.8. The number of hydrogen-bond donors (Lipinski definition) is 0. The number of hydrogen-bond acceptors (Lipinski definition) is 2. The van der Waals surface area contributed by atoms with Gasteiger partial charge in [-0.25, -0.2) is 4.68 Å². The van der Waals surface area contributed by atoms with Crippen LogP contribution in [0, 0.1) is 0 Å². The fourth-order valence-corrected chi connectivity index (χ4v) is 3.61. The average Bonchev–Trinajstić information content (AvgIpc) is 3.12. The summed E-state index contributed by atoms with van der Waals surface area (Å²) in [6.07, 6.45) is 4.50. The molecule has 2 aromatic heterocycles. The van der Waals surface area contributed by atoms with Gasteiger partial charge in [-0.05, 0) is 31.0 Å². The molecule has 0 aliphatic heterocycles. The topological polar surface area (TPSA) is 35.6 Å². The van der Waals surface area contributed by atoms with E-state index in [1.807, 2.05) is 12.1 Å². The van der Waals surface area contributed by atoms with Gasteiger partial charge in [0.25, 0.3) is 0 Å². The number of para-hydroxylation sites is 2. The maximum Gasteiger partial charge on any atom is 0.113 e. The Morgan fingerprint density at radius 3 is 2.50 bits per heavy atom. The second-order valence-electron chi connectivity index (χ2n) is 6.19. The van der Waals surface area contributed by atoms with Gasteiger partial charge in [-0.15, -0.1) is 5.10 Å². The molecule has 0 saturated heterocycles. The summed E-state index contributed by atoms with van der Waals surface area (Å²) in [6, 6.07) is 16.8. The third-order valence-corrected chi connectivity index (χ3v) is 4.88. The minimum Gasteiger partial charge on any atom is -0.350 e. The molecule has 0 amide bonds. The van der Waals surface area contributed by atoms with Gasteiger partial charge in [0.15, 0.2) is 0 Å². The molecule has 108 valence electrons. The van der Waals surface area contributed by atoms with Crippen LogP contribution in [0.4, 0.5) is 0 Å². The van der Waals surface area contributed by atoms with E-state index in [-0.39, 0.29) is 5.54 Å². The number of aryl methyl sites for hydroxylation is 1. The van der Waals surface area contributed by atoms with Gasteiger partial charge in [-0.3, -0.25) is 0 Å². The summed E-state index contributed by atoms with van der Waals surface area (Å²) in [6.45, 7) is 0. The molecule has 4 heteroatoms. The summed E-state index contributed by atoms with van der Waals surface area (Å²) < 4.78 is 4.34. The Kier molecular flexibility index (Phi) is 2.16. The second-order valence-corrected chi connectivity index (χ2v) is 6.19. The predicted octanol–water partition coefficient (Wildman–Crippen LogP) is 3.46. The van der Waals surface area contributed by atoms with E-state index in [4.69, 9.17) is 0 Å². The highest BCUT2D eigenvalue weighted by molar-refractivity contribution is 5.86. The summed E-state index contributed by atoms with van der Waals surface area (Å²) in [7, 11) is 2.11. The Labute approximate surface area is 128 Å². The van der Waals surface area contributed by atoms with Crippen LogP contribution in [0.15, 0.2) is 54.7 Å². The van der Waals surface area contributed by atoms with Gasteiger partial charge in [0.2, 0.25) is 0 Å².